The average Bonchev–Trinajstić information content (AvgIpc) is 1.82. The molecule has 0 aromatic rings. The molecule has 4 heteroatoms. The lowest BCUT2D eigenvalue weighted by Gasteiger charge is -2.06. The van der Waals surface area contributed by atoms with E-state index in [0.29, 0.717) is 0 Å². The smallest absolute Gasteiger partial charge is 0.300 e. The van der Waals surface area contributed by atoms with E-state index in [-0.39, 0.29) is 0 Å². The van der Waals surface area contributed by atoms with Crippen molar-refractivity contribution < 1.29 is 9.90 Å². The van der Waals surface area contributed by atoms with Crippen LogP contribution in [0, 0.1) is 0 Å². The number of hydrogen-bond acceptors (Lipinski definition) is 3. The summed E-state index contributed by atoms with van der Waals surface area (Å²) in [6.07, 6.45) is 0. The highest BCUT2D eigenvalue weighted by Crippen LogP contribution is 1.66. The van der Waals surface area contributed by atoms with E-state index in [9.17, 15) is 0 Å². The van der Waals surface area contributed by atoms with Crippen LogP contribution in [0.3, 0.4) is 0 Å². The highest BCUT2D eigenvalue weighted by atomic mass is 16.4. The molecule has 68 valence electrons. The molecule has 0 aliphatic carbocycles. The van der Waals surface area contributed by atoms with Crippen molar-refractivity contribution in [1.29, 1.82) is 0 Å². The van der Waals surface area contributed by atoms with Gasteiger partial charge in [0.15, 0.2) is 0 Å². The zero-order valence-corrected chi connectivity index (χ0v) is 7.72. The van der Waals surface area contributed by atoms with Crippen LogP contribution in [0.25, 0.3) is 0 Å². The van der Waals surface area contributed by atoms with Gasteiger partial charge in [0, 0.05) is 20.0 Å². The fourth-order valence-electron chi connectivity index (χ4n) is 0.335. The monoisotopic (exact) mass is 162 g/mol. The lowest BCUT2D eigenvalue weighted by atomic mass is 10.6. The molecule has 0 aliphatic rings. The molecule has 0 atom stereocenters. The van der Waals surface area contributed by atoms with E-state index < -0.39 is 5.97 Å². The van der Waals surface area contributed by atoms with Gasteiger partial charge in [0.2, 0.25) is 0 Å². The summed E-state index contributed by atoms with van der Waals surface area (Å²) in [6, 6.07) is 0. The Morgan fingerprint density at radius 2 is 1.91 bits per heavy atom. The Labute approximate surface area is 68.2 Å². The molecule has 2 N–H and O–H groups in total. The summed E-state index contributed by atoms with van der Waals surface area (Å²) in [5, 5.41) is 10.5. The maximum Gasteiger partial charge on any atom is 0.300 e. The minimum absolute atomic E-state index is 0.833. The Bertz CT molecular complexity index is 90.4. The molecule has 0 unspecified atom stereocenters. The Hall–Kier alpha value is -0.610. The Morgan fingerprint density at radius 3 is 2.00 bits per heavy atom. The van der Waals surface area contributed by atoms with Crippen LogP contribution in [0.4, 0.5) is 0 Å². The quantitative estimate of drug-likeness (QED) is 0.606. The Balaban J connectivity index is 0. The third-order valence-electron chi connectivity index (χ3n) is 0.809. The van der Waals surface area contributed by atoms with E-state index in [4.69, 9.17) is 9.90 Å². The van der Waals surface area contributed by atoms with Crippen molar-refractivity contribution in [2.45, 2.75) is 6.92 Å². The van der Waals surface area contributed by atoms with Crippen LogP contribution in [-0.2, 0) is 4.79 Å². The highest BCUT2D eigenvalue weighted by molar-refractivity contribution is 5.62. The summed E-state index contributed by atoms with van der Waals surface area (Å²) in [4.78, 5) is 11.1. The second kappa shape index (κ2) is 9.39. The molecular weight excluding hydrogens is 144 g/mol. The zero-order valence-electron chi connectivity index (χ0n) is 7.72. The number of carboxylic acid groups (broad SMARTS) is 1. The molecular formula is C7H18N2O2. The van der Waals surface area contributed by atoms with Crippen LogP contribution >= 0.6 is 0 Å². The molecule has 0 radical (unpaired) electrons. The van der Waals surface area contributed by atoms with Gasteiger partial charge in [-0.3, -0.25) is 4.79 Å². The molecule has 0 heterocycles. The normalized spacial score (nSPS) is 8.82. The lowest BCUT2D eigenvalue weighted by Crippen LogP contribution is -2.23. The fourth-order valence-corrected chi connectivity index (χ4v) is 0.335. The first-order chi connectivity index (χ1) is 5.00. The first kappa shape index (κ1) is 13.0. The average molecular weight is 162 g/mol. The van der Waals surface area contributed by atoms with Gasteiger partial charge in [-0.15, -0.1) is 0 Å². The van der Waals surface area contributed by atoms with Crippen LogP contribution in [0.15, 0.2) is 0 Å². The number of nitrogens with one attached hydrogen (secondary N) is 1. The highest BCUT2D eigenvalue weighted by Gasteiger charge is 1.82. The van der Waals surface area contributed by atoms with Gasteiger partial charge in [0.05, 0.1) is 0 Å². The predicted octanol–water partition coefficient (Wildman–Crippen LogP) is -0.142. The molecule has 0 saturated carbocycles. The molecule has 0 aromatic carbocycles. The summed E-state index contributed by atoms with van der Waals surface area (Å²) in [6.45, 7) is 3.28. The number of carbonyl (C=O) groups is 1. The van der Waals surface area contributed by atoms with Crippen molar-refractivity contribution in [2.75, 3.05) is 34.2 Å². The minimum atomic E-state index is -0.833. The Morgan fingerprint density at radius 1 is 1.55 bits per heavy atom. The second-order valence-electron chi connectivity index (χ2n) is 2.43. The van der Waals surface area contributed by atoms with Crippen LogP contribution < -0.4 is 5.32 Å². The third-order valence-corrected chi connectivity index (χ3v) is 0.809. The van der Waals surface area contributed by atoms with E-state index >= 15 is 0 Å². The maximum atomic E-state index is 9.00. The van der Waals surface area contributed by atoms with Crippen LogP contribution in [0.2, 0.25) is 0 Å². The van der Waals surface area contributed by atoms with E-state index in [0.717, 1.165) is 20.0 Å². The van der Waals surface area contributed by atoms with E-state index in [1.807, 2.05) is 7.05 Å². The number of nitrogens with zero attached hydrogens (tertiary/aromatic N) is 1. The van der Waals surface area contributed by atoms with Crippen LogP contribution in [-0.4, -0.2) is 50.2 Å². The first-order valence-corrected chi connectivity index (χ1v) is 3.49. The Kier molecular flexibility index (Phi) is 11.1. The molecule has 0 fully saturated rings. The van der Waals surface area contributed by atoms with Crippen LogP contribution in [0.5, 0.6) is 0 Å². The van der Waals surface area contributed by atoms with Gasteiger partial charge < -0.3 is 15.3 Å². The first-order valence-electron chi connectivity index (χ1n) is 3.49. The number of likely N-dealkylation sites (N-methyl/N-ethyl adjacent to an activating group) is 2. The standard InChI is InChI=1S/C5H14N2.C2H4O2/c1-6-4-5-7(2)3;1-2(3)4/h6H,4-5H2,1-3H3;1H3,(H,3,4). The van der Waals surface area contributed by atoms with Crippen molar-refractivity contribution in [1.82, 2.24) is 10.2 Å². The zero-order chi connectivity index (χ0) is 9.28. The molecule has 0 saturated heterocycles. The SMILES string of the molecule is CC(=O)O.CNCCN(C)C. The molecule has 0 spiro atoms. The van der Waals surface area contributed by atoms with Crippen molar-refractivity contribution in [3.05, 3.63) is 0 Å². The number of aliphatic carboxylic acids is 1. The summed E-state index contributed by atoms with van der Waals surface area (Å²) in [5.41, 5.74) is 0. The van der Waals surface area contributed by atoms with Crippen molar-refractivity contribution >= 4 is 5.97 Å². The topological polar surface area (TPSA) is 52.6 Å². The number of rotatable bonds is 3. The van der Waals surface area contributed by atoms with Gasteiger partial charge in [0.1, 0.15) is 0 Å². The molecule has 0 aromatic heterocycles. The van der Waals surface area contributed by atoms with Gasteiger partial charge in [-0.05, 0) is 21.1 Å². The van der Waals surface area contributed by atoms with Gasteiger partial charge in [0.25, 0.3) is 5.97 Å². The fraction of sp³-hybridized carbons (Fsp3) is 0.857. The van der Waals surface area contributed by atoms with E-state index in [1.54, 1.807) is 0 Å². The second-order valence-corrected chi connectivity index (χ2v) is 2.43. The lowest BCUT2D eigenvalue weighted by molar-refractivity contribution is -0.134. The van der Waals surface area contributed by atoms with Gasteiger partial charge in [-0.2, -0.15) is 0 Å². The van der Waals surface area contributed by atoms with Crippen LogP contribution in [0.1, 0.15) is 6.92 Å². The van der Waals surface area contributed by atoms with Gasteiger partial charge in [-0.1, -0.05) is 0 Å². The molecule has 0 rings (SSSR count). The minimum Gasteiger partial charge on any atom is -0.481 e. The molecule has 4 nitrogen and oxygen atoms in total. The molecule has 0 amide bonds. The summed E-state index contributed by atoms with van der Waals surface area (Å²) in [5.74, 6) is -0.833. The van der Waals surface area contributed by atoms with E-state index in [2.05, 4.69) is 24.3 Å². The summed E-state index contributed by atoms with van der Waals surface area (Å²) >= 11 is 0. The maximum absolute atomic E-state index is 9.00. The molecule has 0 bridgehead atoms. The predicted molar refractivity (Wildman–Crippen MR) is 45.8 cm³/mol. The largest absolute Gasteiger partial charge is 0.481 e. The van der Waals surface area contributed by atoms with E-state index in [1.165, 1.54) is 0 Å². The number of carboxylic acids is 1. The summed E-state index contributed by atoms with van der Waals surface area (Å²) in [7, 11) is 6.10. The third kappa shape index (κ3) is 44.6. The van der Waals surface area contributed by atoms with Gasteiger partial charge >= 0.3 is 0 Å². The molecule has 11 heavy (non-hydrogen) atoms. The molecule has 0 aliphatic heterocycles. The van der Waals surface area contributed by atoms with Crippen molar-refractivity contribution in [2.24, 2.45) is 0 Å². The summed E-state index contributed by atoms with van der Waals surface area (Å²) < 4.78 is 0. The van der Waals surface area contributed by atoms with Crippen molar-refractivity contribution in [3.8, 4) is 0 Å². The van der Waals surface area contributed by atoms with Gasteiger partial charge in [-0.25, -0.2) is 0 Å². The van der Waals surface area contributed by atoms with Crippen molar-refractivity contribution in [3.63, 3.8) is 0 Å². The number of hydrogen-bond donors (Lipinski definition) is 2.